The highest BCUT2D eigenvalue weighted by molar-refractivity contribution is 7.71. The molecule has 2 aliphatic carbocycles. The van der Waals surface area contributed by atoms with Crippen molar-refractivity contribution in [2.75, 3.05) is 0 Å². The van der Waals surface area contributed by atoms with E-state index in [2.05, 4.69) is 52.3 Å². The Morgan fingerprint density at radius 1 is 1.16 bits per heavy atom. The fourth-order valence-corrected chi connectivity index (χ4v) is 4.46. The smallest absolute Gasteiger partial charge is 0.199 e. The van der Waals surface area contributed by atoms with Gasteiger partial charge in [-0.1, -0.05) is 36.6 Å². The van der Waals surface area contributed by atoms with E-state index in [-0.39, 0.29) is 0 Å². The van der Waals surface area contributed by atoms with E-state index in [9.17, 15) is 0 Å². The molecule has 1 aromatic heterocycles. The number of rotatable bonds is 6. The molecule has 2 fully saturated rings. The summed E-state index contributed by atoms with van der Waals surface area (Å²) < 4.78 is 5.08. The molecular formula is C20H28N4S. The molecule has 134 valence electrons. The third kappa shape index (κ3) is 3.44. The van der Waals surface area contributed by atoms with Crippen LogP contribution in [0.1, 0.15) is 51.0 Å². The Bertz CT molecular complexity index is 796. The van der Waals surface area contributed by atoms with Crippen LogP contribution in [0.2, 0.25) is 0 Å². The summed E-state index contributed by atoms with van der Waals surface area (Å²) in [7, 11) is 0. The molecule has 0 aliphatic heterocycles. The lowest BCUT2D eigenvalue weighted by atomic mass is 10.1. The number of benzene rings is 1. The molecule has 4 rings (SSSR count). The Morgan fingerprint density at radius 2 is 1.88 bits per heavy atom. The molecule has 2 aromatic rings. The van der Waals surface area contributed by atoms with Crippen molar-refractivity contribution < 1.29 is 0 Å². The molecule has 2 aliphatic rings. The van der Waals surface area contributed by atoms with Gasteiger partial charge in [0.25, 0.3) is 0 Å². The zero-order valence-electron chi connectivity index (χ0n) is 15.3. The van der Waals surface area contributed by atoms with Gasteiger partial charge in [0.05, 0.1) is 6.67 Å². The SMILES string of the molecule is CCn1c(-c2cccc(C)c2)nn(CN(C2CCCC2)C2CC2)c1=S. The molecule has 0 atom stereocenters. The largest absolute Gasteiger partial charge is 0.300 e. The quantitative estimate of drug-likeness (QED) is 0.697. The maximum absolute atomic E-state index is 5.78. The van der Waals surface area contributed by atoms with Crippen molar-refractivity contribution >= 4 is 12.2 Å². The highest BCUT2D eigenvalue weighted by Gasteiger charge is 2.35. The van der Waals surface area contributed by atoms with Gasteiger partial charge < -0.3 is 4.57 Å². The van der Waals surface area contributed by atoms with E-state index in [1.54, 1.807) is 0 Å². The minimum absolute atomic E-state index is 0.726. The molecule has 5 heteroatoms. The van der Waals surface area contributed by atoms with Crippen LogP contribution < -0.4 is 0 Å². The first-order valence-electron chi connectivity index (χ1n) is 9.68. The Kier molecular flexibility index (Phi) is 4.78. The number of hydrogen-bond acceptors (Lipinski definition) is 3. The minimum atomic E-state index is 0.726. The Morgan fingerprint density at radius 3 is 2.52 bits per heavy atom. The highest BCUT2D eigenvalue weighted by atomic mass is 32.1. The van der Waals surface area contributed by atoms with Gasteiger partial charge in [-0.3, -0.25) is 4.90 Å². The zero-order chi connectivity index (χ0) is 17.4. The second-order valence-electron chi connectivity index (χ2n) is 7.54. The molecule has 0 spiro atoms. The molecule has 0 radical (unpaired) electrons. The normalized spacial score (nSPS) is 18.4. The first-order chi connectivity index (χ1) is 12.2. The second kappa shape index (κ2) is 7.04. The molecule has 0 N–H and O–H groups in total. The molecule has 0 saturated heterocycles. The van der Waals surface area contributed by atoms with Crippen molar-refractivity contribution in [2.24, 2.45) is 0 Å². The van der Waals surface area contributed by atoms with Crippen LogP contribution in [0.15, 0.2) is 24.3 Å². The van der Waals surface area contributed by atoms with E-state index in [0.29, 0.717) is 0 Å². The van der Waals surface area contributed by atoms with Gasteiger partial charge in [0.15, 0.2) is 10.6 Å². The van der Waals surface area contributed by atoms with Crippen LogP contribution in [-0.2, 0) is 13.2 Å². The summed E-state index contributed by atoms with van der Waals surface area (Å²) in [6, 6.07) is 10.0. The molecule has 1 aromatic carbocycles. The summed E-state index contributed by atoms with van der Waals surface area (Å²) in [6.45, 7) is 5.98. The molecule has 25 heavy (non-hydrogen) atoms. The summed E-state index contributed by atoms with van der Waals surface area (Å²) in [5.41, 5.74) is 2.41. The van der Waals surface area contributed by atoms with Gasteiger partial charge in [0.2, 0.25) is 0 Å². The topological polar surface area (TPSA) is 26.0 Å². The van der Waals surface area contributed by atoms with Gasteiger partial charge >= 0.3 is 0 Å². The fraction of sp³-hybridized carbons (Fsp3) is 0.600. The van der Waals surface area contributed by atoms with Crippen LogP contribution in [0.5, 0.6) is 0 Å². The van der Waals surface area contributed by atoms with E-state index in [1.165, 1.54) is 44.1 Å². The van der Waals surface area contributed by atoms with Crippen molar-refractivity contribution in [1.82, 2.24) is 19.2 Å². The van der Waals surface area contributed by atoms with Crippen LogP contribution in [0.4, 0.5) is 0 Å². The first kappa shape index (κ1) is 17.0. The third-order valence-electron chi connectivity index (χ3n) is 5.62. The highest BCUT2D eigenvalue weighted by Crippen LogP contribution is 2.35. The van der Waals surface area contributed by atoms with E-state index in [1.807, 2.05) is 0 Å². The lowest BCUT2D eigenvalue weighted by Gasteiger charge is -2.28. The first-order valence-corrected chi connectivity index (χ1v) is 10.1. The lowest BCUT2D eigenvalue weighted by molar-refractivity contribution is 0.134. The average molecular weight is 357 g/mol. The standard InChI is InChI=1S/C20H28N4S/c1-3-22-19(16-8-6-7-15(2)13-16)21-24(20(22)25)14-23(18-11-12-18)17-9-4-5-10-17/h6-8,13,17-18H,3-5,9-12,14H2,1-2H3. The van der Waals surface area contributed by atoms with Gasteiger partial charge in [-0.15, -0.1) is 0 Å². The molecular weight excluding hydrogens is 328 g/mol. The molecule has 0 bridgehead atoms. The summed E-state index contributed by atoms with van der Waals surface area (Å²) in [6.07, 6.45) is 8.09. The molecule has 1 heterocycles. The van der Waals surface area contributed by atoms with Crippen LogP contribution in [0.25, 0.3) is 11.4 Å². The number of hydrogen-bond donors (Lipinski definition) is 0. The second-order valence-corrected chi connectivity index (χ2v) is 7.91. The van der Waals surface area contributed by atoms with Gasteiger partial charge in [-0.2, -0.15) is 5.10 Å². The van der Waals surface area contributed by atoms with Crippen LogP contribution in [-0.4, -0.2) is 31.3 Å². The van der Waals surface area contributed by atoms with Gasteiger partial charge in [0.1, 0.15) is 0 Å². The van der Waals surface area contributed by atoms with Gasteiger partial charge in [-0.05, 0) is 57.8 Å². The predicted molar refractivity (Wildman–Crippen MR) is 104 cm³/mol. The maximum Gasteiger partial charge on any atom is 0.199 e. The van der Waals surface area contributed by atoms with Crippen molar-refractivity contribution in [3.05, 3.63) is 34.6 Å². The third-order valence-corrected chi connectivity index (χ3v) is 6.05. The maximum atomic E-state index is 5.78. The van der Waals surface area contributed by atoms with Crippen molar-refractivity contribution in [1.29, 1.82) is 0 Å². The minimum Gasteiger partial charge on any atom is -0.300 e. The van der Waals surface area contributed by atoms with E-state index in [0.717, 1.165) is 41.5 Å². The van der Waals surface area contributed by atoms with Crippen LogP contribution >= 0.6 is 12.2 Å². The van der Waals surface area contributed by atoms with E-state index in [4.69, 9.17) is 17.3 Å². The summed E-state index contributed by atoms with van der Waals surface area (Å²) in [5.74, 6) is 0.998. The zero-order valence-corrected chi connectivity index (χ0v) is 16.1. The van der Waals surface area contributed by atoms with E-state index >= 15 is 0 Å². The van der Waals surface area contributed by atoms with Gasteiger partial charge in [-0.25, -0.2) is 4.68 Å². The van der Waals surface area contributed by atoms with Crippen LogP contribution in [0.3, 0.4) is 0 Å². The molecule has 2 saturated carbocycles. The molecule has 0 amide bonds. The Hall–Kier alpha value is -1.46. The Labute approximate surface area is 155 Å². The summed E-state index contributed by atoms with van der Waals surface area (Å²) in [4.78, 5) is 2.68. The van der Waals surface area contributed by atoms with Crippen LogP contribution in [0, 0.1) is 11.7 Å². The fourth-order valence-electron chi connectivity index (χ4n) is 4.14. The Balaban J connectivity index is 1.66. The summed E-state index contributed by atoms with van der Waals surface area (Å²) in [5, 5.41) is 4.95. The average Bonchev–Trinajstić information content (AvgIpc) is 3.20. The van der Waals surface area contributed by atoms with Gasteiger partial charge in [0, 0.05) is 24.2 Å². The number of aryl methyl sites for hydroxylation is 1. The number of nitrogens with zero attached hydrogens (tertiary/aromatic N) is 4. The van der Waals surface area contributed by atoms with Crippen molar-refractivity contribution in [3.8, 4) is 11.4 Å². The van der Waals surface area contributed by atoms with Crippen molar-refractivity contribution in [2.45, 2.75) is 77.7 Å². The predicted octanol–water partition coefficient (Wildman–Crippen LogP) is 4.77. The molecule has 0 unspecified atom stereocenters. The number of aromatic nitrogens is 3. The lowest BCUT2D eigenvalue weighted by Crippen LogP contribution is -2.37. The monoisotopic (exact) mass is 356 g/mol. The van der Waals surface area contributed by atoms with Crippen molar-refractivity contribution in [3.63, 3.8) is 0 Å². The summed E-state index contributed by atoms with van der Waals surface area (Å²) >= 11 is 5.78. The molecule has 4 nitrogen and oxygen atoms in total. The van der Waals surface area contributed by atoms with E-state index < -0.39 is 0 Å².